The van der Waals surface area contributed by atoms with Gasteiger partial charge in [-0.25, -0.2) is 0 Å². The first-order valence-corrected chi connectivity index (χ1v) is 12.9. The Kier molecular flexibility index (Phi) is 7.81. The van der Waals surface area contributed by atoms with Crippen LogP contribution in [-0.2, 0) is 18.9 Å². The first-order chi connectivity index (χ1) is 17.9. The highest BCUT2D eigenvalue weighted by Gasteiger charge is 2.39. The van der Waals surface area contributed by atoms with Crippen LogP contribution in [-0.4, -0.2) is 64.1 Å². The molecule has 0 aromatic heterocycles. The minimum absolute atomic E-state index is 0.0757. The van der Waals surface area contributed by atoms with Crippen LogP contribution in [0.3, 0.4) is 0 Å². The Hall–Kier alpha value is -2.90. The molecule has 2 saturated heterocycles. The van der Waals surface area contributed by atoms with E-state index in [4.69, 9.17) is 28.4 Å². The molecule has 2 unspecified atom stereocenters. The van der Waals surface area contributed by atoms with Gasteiger partial charge in [0.1, 0.15) is 35.9 Å². The fourth-order valence-corrected chi connectivity index (χ4v) is 4.01. The van der Waals surface area contributed by atoms with E-state index in [-0.39, 0.29) is 11.2 Å². The third-order valence-corrected chi connectivity index (χ3v) is 6.65. The van der Waals surface area contributed by atoms with Gasteiger partial charge in [0.15, 0.2) is 0 Å². The Balaban J connectivity index is 1.09. The van der Waals surface area contributed by atoms with Gasteiger partial charge in [0.05, 0.1) is 39.6 Å². The minimum atomic E-state index is -0.0786. The molecule has 37 heavy (non-hydrogen) atoms. The van der Waals surface area contributed by atoms with E-state index in [2.05, 4.69) is 69.3 Å². The lowest BCUT2D eigenvalue weighted by Gasteiger charge is -2.12. The van der Waals surface area contributed by atoms with Crippen molar-refractivity contribution in [2.75, 3.05) is 52.9 Å². The van der Waals surface area contributed by atoms with Gasteiger partial charge >= 0.3 is 0 Å². The Morgan fingerprint density at radius 3 is 1.59 bits per heavy atom. The summed E-state index contributed by atoms with van der Waals surface area (Å²) in [6, 6.07) is 23.1. The number of benzene rings is 3. The summed E-state index contributed by atoms with van der Waals surface area (Å²) in [6.07, 6.45) is 0. The van der Waals surface area contributed by atoms with E-state index in [0.29, 0.717) is 39.6 Å². The number of hydrogen-bond acceptors (Lipinski definition) is 6. The molecule has 0 saturated carbocycles. The van der Waals surface area contributed by atoms with Crippen LogP contribution >= 0.6 is 0 Å². The van der Waals surface area contributed by atoms with Gasteiger partial charge in [-0.3, -0.25) is 0 Å². The first kappa shape index (κ1) is 25.7. The maximum Gasteiger partial charge on any atom is 0.122 e. The quantitative estimate of drug-likeness (QED) is 0.207. The molecule has 2 atom stereocenters. The van der Waals surface area contributed by atoms with Crippen LogP contribution in [0.2, 0.25) is 0 Å². The van der Waals surface area contributed by atoms with Crippen LogP contribution < -0.4 is 9.47 Å². The van der Waals surface area contributed by atoms with Gasteiger partial charge in [0.25, 0.3) is 0 Å². The molecule has 3 aromatic rings. The second kappa shape index (κ2) is 11.2. The summed E-state index contributed by atoms with van der Waals surface area (Å²) in [7, 11) is 0. The van der Waals surface area contributed by atoms with Crippen LogP contribution in [0.5, 0.6) is 11.5 Å². The van der Waals surface area contributed by atoms with Crippen molar-refractivity contribution in [2.24, 2.45) is 0 Å². The lowest BCUT2D eigenvalue weighted by molar-refractivity contribution is 0.0638. The molecule has 2 fully saturated rings. The Morgan fingerprint density at radius 2 is 1.08 bits per heavy atom. The summed E-state index contributed by atoms with van der Waals surface area (Å²) in [5.41, 5.74) is 5.61. The molecule has 2 aliphatic heterocycles. The highest BCUT2D eigenvalue weighted by Crippen LogP contribution is 2.30. The highest BCUT2D eigenvalue weighted by atomic mass is 16.6. The van der Waals surface area contributed by atoms with E-state index in [1.54, 1.807) is 0 Å². The molecule has 3 aromatic carbocycles. The van der Waals surface area contributed by atoms with Crippen LogP contribution in [0.1, 0.15) is 19.4 Å². The van der Waals surface area contributed by atoms with E-state index in [1.165, 1.54) is 16.7 Å². The first-order valence-electron chi connectivity index (χ1n) is 12.9. The summed E-state index contributed by atoms with van der Waals surface area (Å²) in [6.45, 7) is 11.1. The minimum Gasteiger partial charge on any atom is -0.491 e. The van der Waals surface area contributed by atoms with E-state index in [1.807, 2.05) is 18.2 Å². The molecular weight excluding hydrogens is 468 g/mol. The summed E-state index contributed by atoms with van der Waals surface area (Å²) in [5.74, 6) is 1.73. The van der Waals surface area contributed by atoms with Gasteiger partial charge in [-0.2, -0.15) is 0 Å². The molecule has 2 heterocycles. The summed E-state index contributed by atoms with van der Waals surface area (Å²) in [5, 5.41) is 0. The molecule has 0 bridgehead atoms. The number of epoxide rings is 2. The maximum atomic E-state index is 5.91. The molecule has 6 heteroatoms. The van der Waals surface area contributed by atoms with E-state index >= 15 is 0 Å². The van der Waals surface area contributed by atoms with Gasteiger partial charge in [0, 0.05) is 0 Å². The molecule has 196 valence electrons. The average Bonchev–Trinajstić information content (AvgIpc) is 3.83. The fourth-order valence-electron chi connectivity index (χ4n) is 4.01. The molecule has 6 nitrogen and oxygen atoms in total. The molecule has 0 amide bonds. The van der Waals surface area contributed by atoms with Crippen molar-refractivity contribution in [3.8, 4) is 33.8 Å². The van der Waals surface area contributed by atoms with E-state index < -0.39 is 0 Å². The molecule has 2 aliphatic rings. The lowest BCUT2D eigenvalue weighted by atomic mass is 9.99. The molecule has 0 N–H and O–H groups in total. The number of hydrogen-bond donors (Lipinski definition) is 0. The third kappa shape index (κ3) is 7.33. The van der Waals surface area contributed by atoms with Gasteiger partial charge < -0.3 is 28.4 Å². The van der Waals surface area contributed by atoms with Gasteiger partial charge in [0.2, 0.25) is 0 Å². The second-order valence-corrected chi connectivity index (χ2v) is 10.4. The normalized spacial score (nSPS) is 22.0. The SMILES string of the molecule is Cc1cc(-c2ccc(-c3ccc(OCCOCC4(C)CO4)cc3)cc2)ccc1OCCOCC1(C)CO1. The van der Waals surface area contributed by atoms with Crippen molar-refractivity contribution in [1.82, 2.24) is 0 Å². The van der Waals surface area contributed by atoms with Crippen molar-refractivity contribution in [3.05, 3.63) is 72.3 Å². The van der Waals surface area contributed by atoms with Crippen molar-refractivity contribution in [1.29, 1.82) is 0 Å². The van der Waals surface area contributed by atoms with E-state index in [0.717, 1.165) is 35.8 Å². The second-order valence-electron chi connectivity index (χ2n) is 10.4. The summed E-state index contributed by atoms with van der Waals surface area (Å²) in [4.78, 5) is 0. The lowest BCUT2D eigenvalue weighted by Crippen LogP contribution is -2.17. The zero-order valence-electron chi connectivity index (χ0n) is 22.0. The monoisotopic (exact) mass is 504 g/mol. The number of aryl methyl sites for hydroxylation is 1. The van der Waals surface area contributed by atoms with Crippen molar-refractivity contribution in [3.63, 3.8) is 0 Å². The smallest absolute Gasteiger partial charge is 0.122 e. The number of ether oxygens (including phenoxy) is 6. The Bertz CT molecular complexity index is 1160. The van der Waals surface area contributed by atoms with Crippen LogP contribution in [0.15, 0.2) is 66.7 Å². The topological polar surface area (TPSA) is 62.0 Å². The highest BCUT2D eigenvalue weighted by molar-refractivity contribution is 5.71. The van der Waals surface area contributed by atoms with Crippen LogP contribution in [0.25, 0.3) is 22.3 Å². The predicted octanol–water partition coefficient (Wildman–Crippen LogP) is 5.70. The van der Waals surface area contributed by atoms with Crippen molar-refractivity contribution < 1.29 is 28.4 Å². The molecule has 0 radical (unpaired) electrons. The zero-order valence-corrected chi connectivity index (χ0v) is 22.0. The summed E-state index contributed by atoms with van der Waals surface area (Å²) < 4.78 is 33.6. The number of rotatable bonds is 14. The van der Waals surface area contributed by atoms with Gasteiger partial charge in [-0.15, -0.1) is 0 Å². The van der Waals surface area contributed by atoms with Crippen molar-refractivity contribution >= 4 is 0 Å². The Morgan fingerprint density at radius 1 is 0.622 bits per heavy atom. The largest absolute Gasteiger partial charge is 0.491 e. The zero-order chi connectivity index (χ0) is 25.7. The standard InChI is InChI=1S/C31H36O6/c1-23-18-27(10-13-29(23)35-17-15-33-20-31(3)22-37-31)26-6-4-24(5-7-26)25-8-11-28(12-9-25)34-16-14-32-19-30(2)21-36-30/h4-13,18H,14-17,19-22H2,1-3H3. The van der Waals surface area contributed by atoms with E-state index in [9.17, 15) is 0 Å². The van der Waals surface area contributed by atoms with Gasteiger partial charge in [-0.1, -0.05) is 42.5 Å². The molecular formula is C31H36O6. The maximum absolute atomic E-state index is 5.91. The summed E-state index contributed by atoms with van der Waals surface area (Å²) >= 11 is 0. The van der Waals surface area contributed by atoms with Crippen LogP contribution in [0, 0.1) is 6.92 Å². The molecule has 0 aliphatic carbocycles. The predicted molar refractivity (Wildman–Crippen MR) is 143 cm³/mol. The average molecular weight is 505 g/mol. The van der Waals surface area contributed by atoms with Crippen molar-refractivity contribution in [2.45, 2.75) is 32.0 Å². The fraction of sp³-hybridized carbons (Fsp3) is 0.419. The molecule has 0 spiro atoms. The Labute approximate surface area is 219 Å². The van der Waals surface area contributed by atoms with Gasteiger partial charge in [-0.05, 0) is 72.9 Å². The molecule has 5 rings (SSSR count). The van der Waals surface area contributed by atoms with Crippen LogP contribution in [0.4, 0.5) is 0 Å². The third-order valence-electron chi connectivity index (χ3n) is 6.65.